The molecule has 2 aromatic rings. The molecule has 0 saturated heterocycles. The third-order valence-electron chi connectivity index (χ3n) is 2.28. The molecule has 2 rings (SSSR count). The van der Waals surface area contributed by atoms with Crippen molar-refractivity contribution in [1.29, 1.82) is 0 Å². The van der Waals surface area contributed by atoms with Gasteiger partial charge in [0.2, 0.25) is 5.13 Å². The lowest BCUT2D eigenvalue weighted by Gasteiger charge is -2.01. The number of anilines is 1. The highest BCUT2D eigenvalue weighted by Crippen LogP contribution is 2.13. The molecule has 2 heterocycles. The molecular weight excluding hydrogens is 222 g/mol. The summed E-state index contributed by atoms with van der Waals surface area (Å²) in [5, 5.41) is 8.24. The standard InChI is InChI=1S/C10H15N5S/c1-3-4-9-13-10(16-14-9)11-7-8-5-6-12-15(8)2/h5-6H,3-4,7H2,1-2H3,(H,11,13,14). The molecule has 0 bridgehead atoms. The minimum absolute atomic E-state index is 0.733. The number of hydrogen-bond donors (Lipinski definition) is 1. The van der Waals surface area contributed by atoms with Crippen LogP contribution in [0.1, 0.15) is 24.9 Å². The van der Waals surface area contributed by atoms with E-state index in [0.29, 0.717) is 0 Å². The maximum absolute atomic E-state index is 4.40. The zero-order valence-corrected chi connectivity index (χ0v) is 10.3. The van der Waals surface area contributed by atoms with E-state index >= 15 is 0 Å². The molecule has 5 nitrogen and oxygen atoms in total. The fourth-order valence-electron chi connectivity index (χ4n) is 1.39. The molecule has 0 radical (unpaired) electrons. The predicted octanol–water partition coefficient (Wildman–Crippen LogP) is 1.84. The summed E-state index contributed by atoms with van der Waals surface area (Å²) in [5.74, 6) is 0.931. The van der Waals surface area contributed by atoms with E-state index in [1.54, 1.807) is 6.20 Å². The lowest BCUT2D eigenvalue weighted by molar-refractivity contribution is 0.720. The SMILES string of the molecule is CCCc1nsc(NCc2ccnn2C)n1. The largest absolute Gasteiger partial charge is 0.355 e. The van der Waals surface area contributed by atoms with E-state index in [-0.39, 0.29) is 0 Å². The van der Waals surface area contributed by atoms with Crippen molar-refractivity contribution in [2.75, 3.05) is 5.32 Å². The normalized spacial score (nSPS) is 10.6. The van der Waals surface area contributed by atoms with Gasteiger partial charge in [0, 0.05) is 31.2 Å². The lowest BCUT2D eigenvalue weighted by Crippen LogP contribution is -2.05. The molecular formula is C10H15N5S. The molecule has 0 aliphatic heterocycles. The Bertz CT molecular complexity index is 448. The van der Waals surface area contributed by atoms with Gasteiger partial charge in [0.25, 0.3) is 0 Å². The summed E-state index contributed by atoms with van der Waals surface area (Å²) in [6.07, 6.45) is 3.82. The molecule has 0 unspecified atom stereocenters. The summed E-state index contributed by atoms with van der Waals surface area (Å²) in [5.41, 5.74) is 1.13. The molecule has 0 saturated carbocycles. The van der Waals surface area contributed by atoms with Gasteiger partial charge < -0.3 is 5.32 Å². The van der Waals surface area contributed by atoms with Gasteiger partial charge in [-0.15, -0.1) is 0 Å². The van der Waals surface area contributed by atoms with Gasteiger partial charge in [-0.2, -0.15) is 9.47 Å². The summed E-state index contributed by atoms with van der Waals surface area (Å²) in [7, 11) is 1.93. The Morgan fingerprint density at radius 3 is 3.06 bits per heavy atom. The number of nitrogens with zero attached hydrogens (tertiary/aromatic N) is 4. The van der Waals surface area contributed by atoms with Crippen molar-refractivity contribution in [2.24, 2.45) is 7.05 Å². The second-order valence-electron chi connectivity index (χ2n) is 3.57. The zero-order valence-electron chi connectivity index (χ0n) is 9.47. The van der Waals surface area contributed by atoms with Crippen molar-refractivity contribution in [3.63, 3.8) is 0 Å². The van der Waals surface area contributed by atoms with Gasteiger partial charge in [0.1, 0.15) is 5.82 Å². The monoisotopic (exact) mass is 237 g/mol. The third kappa shape index (κ3) is 2.57. The van der Waals surface area contributed by atoms with E-state index in [1.165, 1.54) is 11.5 Å². The Balaban J connectivity index is 1.92. The van der Waals surface area contributed by atoms with Gasteiger partial charge in [-0.25, -0.2) is 4.98 Å². The molecule has 16 heavy (non-hydrogen) atoms. The second-order valence-corrected chi connectivity index (χ2v) is 4.32. The van der Waals surface area contributed by atoms with Crippen molar-refractivity contribution >= 4 is 16.7 Å². The molecule has 0 aliphatic carbocycles. The van der Waals surface area contributed by atoms with E-state index in [4.69, 9.17) is 0 Å². The molecule has 86 valence electrons. The summed E-state index contributed by atoms with van der Waals surface area (Å²) in [4.78, 5) is 4.40. The van der Waals surface area contributed by atoms with Crippen molar-refractivity contribution in [3.8, 4) is 0 Å². The maximum atomic E-state index is 4.40. The molecule has 6 heteroatoms. The van der Waals surface area contributed by atoms with Crippen LogP contribution in [0, 0.1) is 0 Å². The molecule has 0 amide bonds. The Labute approximate surface area is 98.7 Å². The van der Waals surface area contributed by atoms with Gasteiger partial charge in [0.05, 0.1) is 12.2 Å². The summed E-state index contributed by atoms with van der Waals surface area (Å²) in [6, 6.07) is 1.99. The van der Waals surface area contributed by atoms with Crippen LogP contribution in [0.25, 0.3) is 0 Å². The number of aromatic nitrogens is 4. The van der Waals surface area contributed by atoms with Crippen LogP contribution in [0.15, 0.2) is 12.3 Å². The first-order valence-electron chi connectivity index (χ1n) is 5.33. The van der Waals surface area contributed by atoms with Gasteiger partial charge >= 0.3 is 0 Å². The first-order chi connectivity index (χ1) is 7.79. The van der Waals surface area contributed by atoms with Crippen LogP contribution in [-0.2, 0) is 20.0 Å². The summed E-state index contributed by atoms with van der Waals surface area (Å²) in [6.45, 7) is 2.86. The van der Waals surface area contributed by atoms with Crippen LogP contribution in [0.5, 0.6) is 0 Å². The van der Waals surface area contributed by atoms with E-state index < -0.39 is 0 Å². The smallest absolute Gasteiger partial charge is 0.202 e. The Hall–Kier alpha value is -1.43. The molecule has 0 atom stereocenters. The quantitative estimate of drug-likeness (QED) is 0.862. The Morgan fingerprint density at radius 1 is 1.50 bits per heavy atom. The van der Waals surface area contributed by atoms with E-state index in [9.17, 15) is 0 Å². The van der Waals surface area contributed by atoms with Gasteiger partial charge in [-0.3, -0.25) is 4.68 Å². The Kier molecular flexibility index (Phi) is 3.51. The van der Waals surface area contributed by atoms with E-state index in [0.717, 1.165) is 36.0 Å². The van der Waals surface area contributed by atoms with Gasteiger partial charge in [-0.1, -0.05) is 6.92 Å². The molecule has 0 aromatic carbocycles. The fourth-order valence-corrected chi connectivity index (χ4v) is 2.00. The van der Waals surface area contributed by atoms with Crippen molar-refractivity contribution in [3.05, 3.63) is 23.8 Å². The van der Waals surface area contributed by atoms with Crippen LogP contribution >= 0.6 is 11.5 Å². The van der Waals surface area contributed by atoms with Gasteiger partial charge in [-0.05, 0) is 12.5 Å². The van der Waals surface area contributed by atoms with E-state index in [1.807, 2.05) is 17.8 Å². The molecule has 0 fully saturated rings. The number of aryl methyl sites for hydroxylation is 2. The minimum Gasteiger partial charge on any atom is -0.355 e. The first kappa shape index (κ1) is 11.1. The van der Waals surface area contributed by atoms with Crippen LogP contribution < -0.4 is 5.32 Å². The number of nitrogens with one attached hydrogen (secondary N) is 1. The van der Waals surface area contributed by atoms with Gasteiger partial charge in [0.15, 0.2) is 0 Å². The minimum atomic E-state index is 0.733. The number of hydrogen-bond acceptors (Lipinski definition) is 5. The molecule has 2 aromatic heterocycles. The highest BCUT2D eigenvalue weighted by Gasteiger charge is 2.03. The van der Waals surface area contributed by atoms with Crippen molar-refractivity contribution in [1.82, 2.24) is 19.1 Å². The lowest BCUT2D eigenvalue weighted by atomic mass is 10.3. The van der Waals surface area contributed by atoms with Crippen LogP contribution in [0.3, 0.4) is 0 Å². The second kappa shape index (κ2) is 5.07. The van der Waals surface area contributed by atoms with Crippen LogP contribution in [0.2, 0.25) is 0 Å². The first-order valence-corrected chi connectivity index (χ1v) is 6.10. The fraction of sp³-hybridized carbons (Fsp3) is 0.500. The predicted molar refractivity (Wildman–Crippen MR) is 64.4 cm³/mol. The highest BCUT2D eigenvalue weighted by molar-refractivity contribution is 7.09. The van der Waals surface area contributed by atoms with E-state index in [2.05, 4.69) is 26.7 Å². The molecule has 0 spiro atoms. The summed E-state index contributed by atoms with van der Waals surface area (Å²) >= 11 is 1.42. The summed E-state index contributed by atoms with van der Waals surface area (Å²) < 4.78 is 6.12. The van der Waals surface area contributed by atoms with Crippen molar-refractivity contribution in [2.45, 2.75) is 26.3 Å². The molecule has 1 N–H and O–H groups in total. The average Bonchev–Trinajstić information content (AvgIpc) is 2.86. The van der Waals surface area contributed by atoms with Crippen molar-refractivity contribution < 1.29 is 0 Å². The molecule has 0 aliphatic rings. The topological polar surface area (TPSA) is 55.6 Å². The Morgan fingerprint density at radius 2 is 2.38 bits per heavy atom. The third-order valence-corrected chi connectivity index (χ3v) is 3.00. The zero-order chi connectivity index (χ0) is 11.4. The van der Waals surface area contributed by atoms with Crippen LogP contribution in [0.4, 0.5) is 5.13 Å². The number of rotatable bonds is 5. The van der Waals surface area contributed by atoms with Crippen LogP contribution in [-0.4, -0.2) is 19.1 Å². The maximum Gasteiger partial charge on any atom is 0.202 e. The average molecular weight is 237 g/mol. The highest BCUT2D eigenvalue weighted by atomic mass is 32.1.